The number of rotatable bonds is 4. The second kappa shape index (κ2) is 7.16. The summed E-state index contributed by atoms with van der Waals surface area (Å²) in [6.07, 6.45) is 9.36. The van der Waals surface area contributed by atoms with Crippen molar-refractivity contribution >= 4 is 11.6 Å². The predicted molar refractivity (Wildman–Crippen MR) is 79.1 cm³/mol. The number of benzene rings is 1. The highest BCUT2D eigenvalue weighted by Gasteiger charge is 2.17. The molecule has 0 radical (unpaired) electrons. The van der Waals surface area contributed by atoms with E-state index in [0.29, 0.717) is 12.1 Å². The Morgan fingerprint density at radius 3 is 2.56 bits per heavy atom. The van der Waals surface area contributed by atoms with Crippen molar-refractivity contribution in [2.75, 3.05) is 0 Å². The fraction of sp³-hybridized carbons (Fsp3) is 0.625. The van der Waals surface area contributed by atoms with Gasteiger partial charge in [0.25, 0.3) is 0 Å². The van der Waals surface area contributed by atoms with Crippen molar-refractivity contribution in [1.82, 2.24) is 5.32 Å². The smallest absolute Gasteiger partial charge is 0.0409 e. The topological polar surface area (TPSA) is 12.0 Å². The molecule has 0 aromatic heterocycles. The summed E-state index contributed by atoms with van der Waals surface area (Å²) in [5, 5.41) is 4.67. The van der Waals surface area contributed by atoms with Gasteiger partial charge in [-0.15, -0.1) is 0 Å². The van der Waals surface area contributed by atoms with Gasteiger partial charge in [0, 0.05) is 17.1 Å². The summed E-state index contributed by atoms with van der Waals surface area (Å²) in [6, 6.07) is 9.42. The molecule has 0 bridgehead atoms. The van der Waals surface area contributed by atoms with Crippen molar-refractivity contribution in [3.05, 3.63) is 34.9 Å². The van der Waals surface area contributed by atoms with Gasteiger partial charge in [-0.25, -0.2) is 0 Å². The van der Waals surface area contributed by atoms with Crippen molar-refractivity contribution in [2.24, 2.45) is 0 Å². The summed E-state index contributed by atoms with van der Waals surface area (Å²) < 4.78 is 0. The molecule has 0 heterocycles. The minimum Gasteiger partial charge on any atom is -0.307 e. The van der Waals surface area contributed by atoms with Crippen molar-refractivity contribution in [2.45, 2.75) is 64.0 Å². The van der Waals surface area contributed by atoms with Crippen molar-refractivity contribution < 1.29 is 0 Å². The fourth-order valence-corrected chi connectivity index (χ4v) is 3.10. The van der Waals surface area contributed by atoms with Crippen LogP contribution in [0.3, 0.4) is 0 Å². The van der Waals surface area contributed by atoms with Crippen LogP contribution in [0.4, 0.5) is 0 Å². The molecule has 1 saturated carbocycles. The van der Waals surface area contributed by atoms with E-state index in [1.54, 1.807) is 0 Å². The molecule has 1 atom stereocenters. The van der Waals surface area contributed by atoms with Crippen molar-refractivity contribution in [3.63, 3.8) is 0 Å². The molecule has 18 heavy (non-hydrogen) atoms. The highest BCUT2D eigenvalue weighted by molar-refractivity contribution is 6.30. The van der Waals surface area contributed by atoms with E-state index in [4.69, 9.17) is 11.6 Å². The zero-order valence-corrected chi connectivity index (χ0v) is 12.0. The summed E-state index contributed by atoms with van der Waals surface area (Å²) in [5.41, 5.74) is 1.33. The summed E-state index contributed by atoms with van der Waals surface area (Å²) in [7, 11) is 0. The van der Waals surface area contributed by atoms with Crippen LogP contribution in [0.5, 0.6) is 0 Å². The van der Waals surface area contributed by atoms with Crippen LogP contribution in [0, 0.1) is 0 Å². The highest BCUT2D eigenvalue weighted by Crippen LogP contribution is 2.24. The zero-order valence-electron chi connectivity index (χ0n) is 11.3. The van der Waals surface area contributed by atoms with Crippen LogP contribution in [-0.4, -0.2) is 6.04 Å². The molecule has 1 aromatic carbocycles. The Bertz CT molecular complexity index is 356. The number of hydrogen-bond acceptors (Lipinski definition) is 1. The maximum atomic E-state index is 6.09. The monoisotopic (exact) mass is 265 g/mol. The van der Waals surface area contributed by atoms with Crippen LogP contribution in [0.1, 0.15) is 63.5 Å². The minimum atomic E-state index is 0.451. The van der Waals surface area contributed by atoms with Gasteiger partial charge in [-0.2, -0.15) is 0 Å². The second-order valence-electron chi connectivity index (χ2n) is 5.37. The Hall–Kier alpha value is -0.530. The predicted octanol–water partition coefficient (Wildman–Crippen LogP) is 5.10. The summed E-state index contributed by atoms with van der Waals surface area (Å²) in [4.78, 5) is 0. The second-order valence-corrected chi connectivity index (χ2v) is 5.81. The van der Waals surface area contributed by atoms with E-state index >= 15 is 0 Å². The molecule has 0 saturated heterocycles. The SMILES string of the molecule is CCC(NC1CCCCCC1)c1cccc(Cl)c1. The standard InChI is InChI=1S/C16H24ClN/c1-2-16(13-8-7-9-14(17)12-13)18-15-10-5-3-4-6-11-15/h7-9,12,15-16,18H,2-6,10-11H2,1H3. The Labute approximate surface area is 116 Å². The van der Waals surface area contributed by atoms with Gasteiger partial charge in [0.1, 0.15) is 0 Å². The molecule has 0 aliphatic heterocycles. The van der Waals surface area contributed by atoms with Crippen LogP contribution in [0.2, 0.25) is 5.02 Å². The van der Waals surface area contributed by atoms with Crippen LogP contribution in [-0.2, 0) is 0 Å². The van der Waals surface area contributed by atoms with Gasteiger partial charge < -0.3 is 5.32 Å². The first-order valence-corrected chi connectivity index (χ1v) is 7.69. The maximum Gasteiger partial charge on any atom is 0.0409 e. The molecule has 2 rings (SSSR count). The van der Waals surface area contributed by atoms with Gasteiger partial charge in [-0.1, -0.05) is 56.3 Å². The first-order valence-electron chi connectivity index (χ1n) is 7.31. The Kier molecular flexibility index (Phi) is 5.52. The largest absolute Gasteiger partial charge is 0.307 e. The van der Waals surface area contributed by atoms with E-state index < -0.39 is 0 Å². The molecule has 100 valence electrons. The van der Waals surface area contributed by atoms with Gasteiger partial charge in [-0.05, 0) is 37.0 Å². The van der Waals surface area contributed by atoms with E-state index in [1.165, 1.54) is 44.1 Å². The molecular formula is C16H24ClN. The maximum absolute atomic E-state index is 6.09. The molecule has 1 N–H and O–H groups in total. The van der Waals surface area contributed by atoms with Crippen LogP contribution < -0.4 is 5.32 Å². The summed E-state index contributed by atoms with van der Waals surface area (Å²) in [5.74, 6) is 0. The number of hydrogen-bond donors (Lipinski definition) is 1. The van der Waals surface area contributed by atoms with Crippen LogP contribution in [0.15, 0.2) is 24.3 Å². The molecule has 1 fully saturated rings. The molecule has 1 nitrogen and oxygen atoms in total. The van der Waals surface area contributed by atoms with E-state index in [-0.39, 0.29) is 0 Å². The fourth-order valence-electron chi connectivity index (χ4n) is 2.90. The third-order valence-corrected chi connectivity index (χ3v) is 4.19. The first kappa shape index (κ1) is 13.9. The van der Waals surface area contributed by atoms with E-state index in [2.05, 4.69) is 30.4 Å². The third kappa shape index (κ3) is 4.00. The zero-order chi connectivity index (χ0) is 12.8. The van der Waals surface area contributed by atoms with Crippen molar-refractivity contribution in [1.29, 1.82) is 0 Å². The highest BCUT2D eigenvalue weighted by atomic mass is 35.5. The number of halogens is 1. The third-order valence-electron chi connectivity index (χ3n) is 3.95. The average molecular weight is 266 g/mol. The summed E-state index contributed by atoms with van der Waals surface area (Å²) >= 11 is 6.09. The lowest BCUT2D eigenvalue weighted by molar-refractivity contribution is 0.392. The normalized spacial score (nSPS) is 19.4. The van der Waals surface area contributed by atoms with Gasteiger partial charge in [-0.3, -0.25) is 0 Å². The molecule has 0 spiro atoms. The van der Waals surface area contributed by atoms with Gasteiger partial charge >= 0.3 is 0 Å². The molecule has 2 heteroatoms. The van der Waals surface area contributed by atoms with E-state index in [0.717, 1.165) is 11.4 Å². The molecule has 1 aliphatic carbocycles. The Balaban J connectivity index is 1.99. The summed E-state index contributed by atoms with van der Waals surface area (Å²) in [6.45, 7) is 2.25. The molecule has 1 aromatic rings. The van der Waals surface area contributed by atoms with E-state index in [9.17, 15) is 0 Å². The molecular weight excluding hydrogens is 242 g/mol. The quantitative estimate of drug-likeness (QED) is 0.747. The van der Waals surface area contributed by atoms with Crippen LogP contribution >= 0.6 is 11.6 Å². The molecule has 1 aliphatic rings. The van der Waals surface area contributed by atoms with Crippen LogP contribution in [0.25, 0.3) is 0 Å². The Morgan fingerprint density at radius 2 is 1.94 bits per heavy atom. The van der Waals surface area contributed by atoms with Gasteiger partial charge in [0.15, 0.2) is 0 Å². The molecule has 1 unspecified atom stereocenters. The average Bonchev–Trinajstić information content (AvgIpc) is 2.64. The van der Waals surface area contributed by atoms with E-state index in [1.807, 2.05) is 6.07 Å². The van der Waals surface area contributed by atoms with Gasteiger partial charge in [0.2, 0.25) is 0 Å². The van der Waals surface area contributed by atoms with Gasteiger partial charge in [0.05, 0.1) is 0 Å². The minimum absolute atomic E-state index is 0.451. The molecule has 0 amide bonds. The lowest BCUT2D eigenvalue weighted by Gasteiger charge is -2.24. The lowest BCUT2D eigenvalue weighted by atomic mass is 10.0. The number of nitrogens with one attached hydrogen (secondary N) is 1. The first-order chi connectivity index (χ1) is 8.79. The van der Waals surface area contributed by atoms with Crippen molar-refractivity contribution in [3.8, 4) is 0 Å². The Morgan fingerprint density at radius 1 is 1.22 bits per heavy atom. The lowest BCUT2D eigenvalue weighted by Crippen LogP contribution is -2.32.